The topological polar surface area (TPSA) is 72.8 Å². The molecule has 0 aliphatic carbocycles. The summed E-state index contributed by atoms with van der Waals surface area (Å²) in [5, 5.41) is 9.89. The summed E-state index contributed by atoms with van der Waals surface area (Å²) in [5.74, 6) is -0.644. The van der Waals surface area contributed by atoms with Crippen molar-refractivity contribution in [2.24, 2.45) is 0 Å². The van der Waals surface area contributed by atoms with Crippen molar-refractivity contribution < 1.29 is 24.2 Å². The van der Waals surface area contributed by atoms with Gasteiger partial charge in [-0.3, -0.25) is 9.59 Å². The lowest BCUT2D eigenvalue weighted by molar-refractivity contribution is -0.152. The van der Waals surface area contributed by atoms with Crippen molar-refractivity contribution in [3.05, 3.63) is 24.3 Å². The number of carbonyl (C=O) groups excluding carboxylic acids is 2. The monoisotopic (exact) mass is 508 g/mol. The van der Waals surface area contributed by atoms with E-state index in [2.05, 4.69) is 38.2 Å². The molecular formula is C31H56O5. The number of carbonyl (C=O) groups is 2. The molecule has 0 bridgehead atoms. The van der Waals surface area contributed by atoms with Crippen LogP contribution in [0.3, 0.4) is 0 Å². The zero-order valence-electron chi connectivity index (χ0n) is 23.5. The molecule has 0 spiro atoms. The summed E-state index contributed by atoms with van der Waals surface area (Å²) in [4.78, 5) is 23.6. The second kappa shape index (κ2) is 28.0. The van der Waals surface area contributed by atoms with E-state index in [1.54, 1.807) is 0 Å². The molecule has 0 aromatic heterocycles. The first-order chi connectivity index (χ1) is 17.6. The van der Waals surface area contributed by atoms with Crippen molar-refractivity contribution >= 4 is 11.9 Å². The fourth-order valence-electron chi connectivity index (χ4n) is 3.86. The van der Waals surface area contributed by atoms with E-state index in [9.17, 15) is 14.7 Å². The predicted molar refractivity (Wildman–Crippen MR) is 150 cm³/mol. The van der Waals surface area contributed by atoms with Gasteiger partial charge in [0.25, 0.3) is 0 Å². The first-order valence-corrected chi connectivity index (χ1v) is 14.9. The Labute approximate surface area is 222 Å². The zero-order chi connectivity index (χ0) is 26.5. The molecule has 0 aliphatic heterocycles. The van der Waals surface area contributed by atoms with Crippen LogP contribution in [0.15, 0.2) is 24.3 Å². The van der Waals surface area contributed by atoms with Crippen LogP contribution in [0.25, 0.3) is 0 Å². The number of hydrogen-bond donors (Lipinski definition) is 1. The van der Waals surface area contributed by atoms with Crippen LogP contribution in [0.4, 0.5) is 0 Å². The van der Waals surface area contributed by atoms with Crippen LogP contribution >= 0.6 is 0 Å². The molecule has 0 aliphatic rings. The van der Waals surface area contributed by atoms with E-state index in [1.807, 2.05) is 0 Å². The van der Waals surface area contributed by atoms with Gasteiger partial charge in [-0.1, -0.05) is 102 Å². The minimum atomic E-state index is -0.979. The lowest BCUT2D eigenvalue weighted by Gasteiger charge is -2.11. The molecule has 5 heteroatoms. The minimum absolute atomic E-state index is 0.138. The van der Waals surface area contributed by atoms with Crippen LogP contribution in [0.5, 0.6) is 0 Å². The second-order valence-corrected chi connectivity index (χ2v) is 9.86. The van der Waals surface area contributed by atoms with Crippen molar-refractivity contribution in [3.8, 4) is 0 Å². The van der Waals surface area contributed by atoms with E-state index in [1.165, 1.54) is 77.0 Å². The van der Waals surface area contributed by atoms with Crippen molar-refractivity contribution in [3.63, 3.8) is 0 Å². The molecule has 0 saturated heterocycles. The summed E-state index contributed by atoms with van der Waals surface area (Å²) in [6, 6.07) is 0. The Kier molecular flexibility index (Phi) is 26.7. The van der Waals surface area contributed by atoms with Gasteiger partial charge in [0.05, 0.1) is 0 Å². The summed E-state index contributed by atoms with van der Waals surface area (Å²) in [6.07, 6.45) is 29.5. The van der Waals surface area contributed by atoms with Crippen LogP contribution < -0.4 is 0 Å². The number of hydrogen-bond acceptors (Lipinski definition) is 5. The lowest BCUT2D eigenvalue weighted by Crippen LogP contribution is -2.25. The Bertz CT molecular complexity index is 507. The molecule has 5 nitrogen and oxygen atoms in total. The summed E-state index contributed by atoms with van der Waals surface area (Å²) in [5.41, 5.74) is 0. The number of unbranched alkanes of at least 4 members (excludes halogenated alkanes) is 14. The fourth-order valence-corrected chi connectivity index (χ4v) is 3.86. The molecule has 1 N–H and O–H groups in total. The van der Waals surface area contributed by atoms with Crippen molar-refractivity contribution in [2.75, 3.05) is 13.2 Å². The normalized spacial score (nSPS) is 11.7. The molecule has 210 valence electrons. The van der Waals surface area contributed by atoms with E-state index in [0.717, 1.165) is 38.5 Å². The maximum atomic E-state index is 11.8. The minimum Gasteiger partial charge on any atom is -0.463 e. The molecule has 0 fully saturated rings. The maximum absolute atomic E-state index is 11.8. The van der Waals surface area contributed by atoms with Gasteiger partial charge in [0.2, 0.25) is 0 Å². The summed E-state index contributed by atoms with van der Waals surface area (Å²) >= 11 is 0. The highest BCUT2D eigenvalue weighted by molar-refractivity contribution is 5.69. The number of aliphatic hydroxyl groups excluding tert-OH is 1. The Hall–Kier alpha value is -1.62. The molecule has 0 heterocycles. The standard InChI is InChI=1S/C31H56O5/c1-3-5-7-9-11-13-15-17-19-21-23-25-30(33)35-27-29(32)28-36-31(34)26-24-22-20-18-16-14-12-10-8-6-4-2/h17-20,29,32H,3-16,21-28H2,1-2H3/b19-17-,20-18-. The van der Waals surface area contributed by atoms with Crippen molar-refractivity contribution in [1.29, 1.82) is 0 Å². The van der Waals surface area contributed by atoms with Gasteiger partial charge in [-0.25, -0.2) is 0 Å². The molecule has 0 radical (unpaired) electrons. The van der Waals surface area contributed by atoms with Gasteiger partial charge >= 0.3 is 11.9 Å². The van der Waals surface area contributed by atoms with Gasteiger partial charge in [-0.15, -0.1) is 0 Å². The Morgan fingerprint density at radius 2 is 0.889 bits per heavy atom. The van der Waals surface area contributed by atoms with Crippen LogP contribution in [0, 0.1) is 0 Å². The molecule has 0 amide bonds. The number of rotatable bonds is 26. The van der Waals surface area contributed by atoms with Gasteiger partial charge in [0.15, 0.2) is 0 Å². The third-order valence-corrected chi connectivity index (χ3v) is 6.16. The third-order valence-electron chi connectivity index (χ3n) is 6.16. The largest absolute Gasteiger partial charge is 0.463 e. The number of allylic oxidation sites excluding steroid dienone is 4. The van der Waals surface area contributed by atoms with Crippen LogP contribution in [0.2, 0.25) is 0 Å². The van der Waals surface area contributed by atoms with Crippen LogP contribution in [-0.4, -0.2) is 36.4 Å². The highest BCUT2D eigenvalue weighted by Gasteiger charge is 2.11. The molecule has 0 atom stereocenters. The van der Waals surface area contributed by atoms with Crippen LogP contribution in [0.1, 0.15) is 142 Å². The van der Waals surface area contributed by atoms with Gasteiger partial charge < -0.3 is 14.6 Å². The SMILES string of the molecule is CCCCCCCC/C=C\CCCC(=O)OCC(O)COC(=O)CCC/C=C\CCCCCCCC. The number of esters is 2. The molecule has 36 heavy (non-hydrogen) atoms. The number of ether oxygens (including phenoxy) is 2. The maximum Gasteiger partial charge on any atom is 0.305 e. The number of aliphatic hydroxyl groups is 1. The van der Waals surface area contributed by atoms with Crippen molar-refractivity contribution in [1.82, 2.24) is 0 Å². The van der Waals surface area contributed by atoms with Gasteiger partial charge in [0.1, 0.15) is 19.3 Å². The Morgan fingerprint density at radius 3 is 1.28 bits per heavy atom. The average molecular weight is 509 g/mol. The first-order valence-electron chi connectivity index (χ1n) is 14.9. The molecule has 0 aromatic rings. The highest BCUT2D eigenvalue weighted by atomic mass is 16.6. The quantitative estimate of drug-likeness (QED) is 0.0721. The average Bonchev–Trinajstić information content (AvgIpc) is 2.88. The molecular weight excluding hydrogens is 452 g/mol. The predicted octanol–water partition coefficient (Wildman–Crippen LogP) is 8.39. The van der Waals surface area contributed by atoms with E-state index in [0.29, 0.717) is 12.8 Å². The second-order valence-electron chi connectivity index (χ2n) is 9.86. The Morgan fingerprint density at radius 1 is 0.556 bits per heavy atom. The van der Waals surface area contributed by atoms with E-state index in [4.69, 9.17) is 9.47 Å². The van der Waals surface area contributed by atoms with Crippen molar-refractivity contribution in [2.45, 2.75) is 148 Å². The lowest BCUT2D eigenvalue weighted by atomic mass is 10.1. The molecule has 0 rings (SSSR count). The van der Waals surface area contributed by atoms with E-state index >= 15 is 0 Å². The van der Waals surface area contributed by atoms with Gasteiger partial charge in [0, 0.05) is 12.8 Å². The smallest absolute Gasteiger partial charge is 0.305 e. The highest BCUT2D eigenvalue weighted by Crippen LogP contribution is 2.09. The molecule has 0 aromatic carbocycles. The third kappa shape index (κ3) is 27.0. The van der Waals surface area contributed by atoms with Crippen LogP contribution in [-0.2, 0) is 19.1 Å². The van der Waals surface area contributed by atoms with E-state index in [-0.39, 0.29) is 25.2 Å². The molecule has 0 saturated carbocycles. The van der Waals surface area contributed by atoms with Gasteiger partial charge in [-0.2, -0.15) is 0 Å². The zero-order valence-corrected chi connectivity index (χ0v) is 23.5. The van der Waals surface area contributed by atoms with E-state index < -0.39 is 6.10 Å². The Balaban J connectivity index is 3.54. The fraction of sp³-hybridized carbons (Fsp3) is 0.806. The first kappa shape index (κ1) is 34.4. The van der Waals surface area contributed by atoms with Gasteiger partial charge in [-0.05, 0) is 51.4 Å². The summed E-state index contributed by atoms with van der Waals surface area (Å²) in [6.45, 7) is 4.19. The summed E-state index contributed by atoms with van der Waals surface area (Å²) in [7, 11) is 0. The molecule has 0 unspecified atom stereocenters. The summed E-state index contributed by atoms with van der Waals surface area (Å²) < 4.78 is 10.2.